The third-order valence-electron chi connectivity index (χ3n) is 3.65. The Hall–Kier alpha value is -1.40. The molecule has 0 spiro atoms. The molecular weight excluding hydrogens is 256 g/mol. The number of ether oxygens (including phenoxy) is 1. The Bertz CT molecular complexity index is 386. The van der Waals surface area contributed by atoms with Crippen LogP contribution >= 0.6 is 0 Å². The average Bonchev–Trinajstić information content (AvgIpc) is 2.96. The summed E-state index contributed by atoms with van der Waals surface area (Å²) in [5.74, 6) is 0.0490. The molecule has 112 valence electrons. The molecule has 1 amide bonds. The SMILES string of the molecule is NC1CCC(OCCNC(=O)CCn2ccnc2)CC1. The highest BCUT2D eigenvalue weighted by Crippen LogP contribution is 2.19. The topological polar surface area (TPSA) is 82.2 Å². The molecule has 0 unspecified atom stereocenters. The molecule has 3 N–H and O–H groups in total. The van der Waals surface area contributed by atoms with Crippen molar-refractivity contribution < 1.29 is 9.53 Å². The Morgan fingerprint density at radius 2 is 2.20 bits per heavy atom. The summed E-state index contributed by atoms with van der Waals surface area (Å²) in [5.41, 5.74) is 5.85. The zero-order valence-electron chi connectivity index (χ0n) is 11.8. The van der Waals surface area contributed by atoms with Gasteiger partial charge in [-0.25, -0.2) is 4.98 Å². The predicted octanol–water partition coefficient (Wildman–Crippen LogP) is 0.676. The van der Waals surface area contributed by atoms with Crippen molar-refractivity contribution in [2.24, 2.45) is 5.73 Å². The van der Waals surface area contributed by atoms with Crippen LogP contribution in [0.25, 0.3) is 0 Å². The van der Waals surface area contributed by atoms with E-state index in [1.165, 1.54) is 0 Å². The van der Waals surface area contributed by atoms with Gasteiger partial charge in [-0.15, -0.1) is 0 Å². The van der Waals surface area contributed by atoms with Crippen molar-refractivity contribution in [2.75, 3.05) is 13.2 Å². The lowest BCUT2D eigenvalue weighted by Gasteiger charge is -2.26. The molecule has 20 heavy (non-hydrogen) atoms. The fraction of sp³-hybridized carbons (Fsp3) is 0.714. The van der Waals surface area contributed by atoms with E-state index in [1.54, 1.807) is 12.5 Å². The molecule has 6 nitrogen and oxygen atoms in total. The van der Waals surface area contributed by atoms with E-state index in [1.807, 2.05) is 10.8 Å². The first-order chi connectivity index (χ1) is 9.74. The number of hydrogen-bond donors (Lipinski definition) is 2. The maximum Gasteiger partial charge on any atom is 0.221 e. The van der Waals surface area contributed by atoms with Gasteiger partial charge in [0, 0.05) is 37.9 Å². The van der Waals surface area contributed by atoms with Gasteiger partial charge in [0.05, 0.1) is 19.0 Å². The van der Waals surface area contributed by atoms with Gasteiger partial charge in [-0.1, -0.05) is 0 Å². The maximum absolute atomic E-state index is 11.6. The smallest absolute Gasteiger partial charge is 0.221 e. The van der Waals surface area contributed by atoms with E-state index >= 15 is 0 Å². The zero-order chi connectivity index (χ0) is 14.2. The van der Waals surface area contributed by atoms with Gasteiger partial charge in [-0.3, -0.25) is 4.79 Å². The number of rotatable bonds is 7. The van der Waals surface area contributed by atoms with Crippen LogP contribution in [0, 0.1) is 0 Å². The summed E-state index contributed by atoms with van der Waals surface area (Å²) in [6.07, 6.45) is 10.2. The highest BCUT2D eigenvalue weighted by atomic mass is 16.5. The van der Waals surface area contributed by atoms with E-state index < -0.39 is 0 Å². The molecule has 1 aliphatic rings. The highest BCUT2D eigenvalue weighted by molar-refractivity contribution is 5.75. The fourth-order valence-electron chi connectivity index (χ4n) is 2.41. The van der Waals surface area contributed by atoms with Crippen molar-refractivity contribution in [3.63, 3.8) is 0 Å². The monoisotopic (exact) mass is 280 g/mol. The van der Waals surface area contributed by atoms with Crippen molar-refractivity contribution >= 4 is 5.91 Å². The number of nitrogens with two attached hydrogens (primary N) is 1. The minimum Gasteiger partial charge on any atom is -0.376 e. The first kappa shape index (κ1) is 15.0. The number of carbonyl (C=O) groups is 1. The Kier molecular flexibility index (Phi) is 6.01. The van der Waals surface area contributed by atoms with Gasteiger partial charge >= 0.3 is 0 Å². The summed E-state index contributed by atoms with van der Waals surface area (Å²) >= 11 is 0. The van der Waals surface area contributed by atoms with Gasteiger partial charge in [-0.2, -0.15) is 0 Å². The first-order valence-corrected chi connectivity index (χ1v) is 7.33. The number of nitrogens with one attached hydrogen (secondary N) is 1. The molecule has 0 aromatic carbocycles. The van der Waals surface area contributed by atoms with Crippen LogP contribution in [0.5, 0.6) is 0 Å². The quantitative estimate of drug-likeness (QED) is 0.719. The normalized spacial score (nSPS) is 22.6. The van der Waals surface area contributed by atoms with Crippen LogP contribution < -0.4 is 11.1 Å². The molecule has 0 radical (unpaired) electrons. The van der Waals surface area contributed by atoms with Crippen LogP contribution in [0.1, 0.15) is 32.1 Å². The van der Waals surface area contributed by atoms with Gasteiger partial charge in [-0.05, 0) is 25.7 Å². The standard InChI is InChI=1S/C14H24N4O2/c15-12-1-3-13(4-2-12)20-10-7-17-14(19)5-8-18-9-6-16-11-18/h6,9,11-13H,1-5,7-8,10,15H2,(H,17,19). The van der Waals surface area contributed by atoms with E-state index in [0.29, 0.717) is 38.3 Å². The van der Waals surface area contributed by atoms with Gasteiger partial charge in [0.25, 0.3) is 0 Å². The van der Waals surface area contributed by atoms with Crippen molar-refractivity contribution in [1.29, 1.82) is 0 Å². The molecule has 2 rings (SSSR count). The molecule has 0 aliphatic heterocycles. The lowest BCUT2D eigenvalue weighted by Crippen LogP contribution is -2.33. The second-order valence-corrected chi connectivity index (χ2v) is 5.31. The van der Waals surface area contributed by atoms with Crippen LogP contribution in [0.2, 0.25) is 0 Å². The lowest BCUT2D eigenvalue weighted by molar-refractivity contribution is -0.121. The Morgan fingerprint density at radius 1 is 1.40 bits per heavy atom. The predicted molar refractivity (Wildman–Crippen MR) is 76.0 cm³/mol. The zero-order valence-corrected chi connectivity index (χ0v) is 11.8. The minimum atomic E-state index is 0.0490. The number of nitrogens with zero attached hydrogens (tertiary/aromatic N) is 2. The first-order valence-electron chi connectivity index (χ1n) is 7.33. The third-order valence-corrected chi connectivity index (χ3v) is 3.65. The van der Waals surface area contributed by atoms with Gasteiger partial charge in [0.15, 0.2) is 0 Å². The Balaban J connectivity index is 1.49. The molecule has 6 heteroatoms. The summed E-state index contributed by atoms with van der Waals surface area (Å²) < 4.78 is 7.64. The van der Waals surface area contributed by atoms with Gasteiger partial charge in [0.1, 0.15) is 0 Å². The van der Waals surface area contributed by atoms with Gasteiger partial charge in [0.2, 0.25) is 5.91 Å². The number of hydrogen-bond acceptors (Lipinski definition) is 4. The molecule has 0 atom stereocenters. The summed E-state index contributed by atoms with van der Waals surface area (Å²) in [5, 5.41) is 2.87. The van der Waals surface area contributed by atoms with Crippen LogP contribution in [0.3, 0.4) is 0 Å². The maximum atomic E-state index is 11.6. The van der Waals surface area contributed by atoms with Crippen molar-refractivity contribution in [3.05, 3.63) is 18.7 Å². The molecule has 1 aromatic heterocycles. The summed E-state index contributed by atoms with van der Waals surface area (Å²) in [6.45, 7) is 1.81. The average molecular weight is 280 g/mol. The van der Waals surface area contributed by atoms with Crippen molar-refractivity contribution in [2.45, 2.75) is 50.8 Å². The van der Waals surface area contributed by atoms with Crippen molar-refractivity contribution in [1.82, 2.24) is 14.9 Å². The minimum absolute atomic E-state index is 0.0490. The summed E-state index contributed by atoms with van der Waals surface area (Å²) in [6, 6.07) is 0.345. The lowest BCUT2D eigenvalue weighted by atomic mass is 9.94. The molecule has 1 aliphatic carbocycles. The van der Waals surface area contributed by atoms with Crippen LogP contribution in [0.4, 0.5) is 0 Å². The fourth-order valence-corrected chi connectivity index (χ4v) is 2.41. The number of aromatic nitrogens is 2. The van der Waals surface area contributed by atoms with Crippen LogP contribution in [-0.2, 0) is 16.1 Å². The third kappa shape index (κ3) is 5.30. The molecule has 0 saturated heterocycles. The van der Waals surface area contributed by atoms with E-state index in [9.17, 15) is 4.79 Å². The largest absolute Gasteiger partial charge is 0.376 e. The second-order valence-electron chi connectivity index (χ2n) is 5.31. The number of carbonyl (C=O) groups excluding carboxylic acids is 1. The van der Waals surface area contributed by atoms with E-state index in [4.69, 9.17) is 10.5 Å². The summed E-state index contributed by atoms with van der Waals surface area (Å²) in [7, 11) is 0. The number of aryl methyl sites for hydroxylation is 1. The van der Waals surface area contributed by atoms with Crippen LogP contribution in [0.15, 0.2) is 18.7 Å². The van der Waals surface area contributed by atoms with E-state index in [-0.39, 0.29) is 5.91 Å². The van der Waals surface area contributed by atoms with Gasteiger partial charge < -0.3 is 20.4 Å². The number of imidazole rings is 1. The van der Waals surface area contributed by atoms with Crippen molar-refractivity contribution in [3.8, 4) is 0 Å². The molecule has 1 saturated carbocycles. The Labute approximate surface area is 119 Å². The molecule has 1 fully saturated rings. The molecular formula is C14H24N4O2. The van der Waals surface area contributed by atoms with Crippen LogP contribution in [-0.4, -0.2) is 40.8 Å². The summed E-state index contributed by atoms with van der Waals surface area (Å²) in [4.78, 5) is 15.6. The molecule has 1 aromatic rings. The number of amides is 1. The van der Waals surface area contributed by atoms with E-state index in [0.717, 1.165) is 25.7 Å². The highest BCUT2D eigenvalue weighted by Gasteiger charge is 2.18. The molecule has 0 bridgehead atoms. The second kappa shape index (κ2) is 8.01. The van der Waals surface area contributed by atoms with E-state index in [2.05, 4.69) is 10.3 Å². The molecule has 1 heterocycles. The Morgan fingerprint density at radius 3 is 2.90 bits per heavy atom.